The highest BCUT2D eigenvalue weighted by atomic mass is 127. The van der Waals surface area contributed by atoms with Crippen LogP contribution in [0.1, 0.15) is 25.5 Å². The van der Waals surface area contributed by atoms with Crippen LogP contribution >= 0.6 is 33.9 Å². The largest absolute Gasteiger partial charge is 0.377 e. The van der Waals surface area contributed by atoms with Crippen LogP contribution in [0.2, 0.25) is 0 Å². The molecule has 0 amide bonds. The van der Waals surface area contributed by atoms with Gasteiger partial charge >= 0.3 is 0 Å². The van der Waals surface area contributed by atoms with E-state index in [-0.39, 0.29) is 0 Å². The molecule has 1 atom stereocenters. The summed E-state index contributed by atoms with van der Waals surface area (Å²) in [6, 6.07) is 2.52. The number of hydrogen-bond donors (Lipinski definition) is 1. The van der Waals surface area contributed by atoms with E-state index in [1.165, 1.54) is 8.45 Å². The summed E-state index contributed by atoms with van der Waals surface area (Å²) in [5.41, 5.74) is 1.32. The number of thiophene rings is 1. The molecule has 2 nitrogen and oxygen atoms in total. The Labute approximate surface area is 103 Å². The van der Waals surface area contributed by atoms with Crippen LogP contribution in [0.25, 0.3) is 0 Å². The van der Waals surface area contributed by atoms with Crippen molar-refractivity contribution >= 4 is 33.9 Å². The molecule has 0 aromatic carbocycles. The maximum Gasteiger partial charge on any atom is 0.0665 e. The van der Waals surface area contributed by atoms with Crippen molar-refractivity contribution in [2.24, 2.45) is 0 Å². The Morgan fingerprint density at radius 3 is 2.71 bits per heavy atom. The van der Waals surface area contributed by atoms with Gasteiger partial charge in [-0.15, -0.1) is 11.3 Å². The molecule has 14 heavy (non-hydrogen) atoms. The van der Waals surface area contributed by atoms with E-state index in [2.05, 4.69) is 53.2 Å². The van der Waals surface area contributed by atoms with E-state index >= 15 is 0 Å². The average Bonchev–Trinajstić information content (AvgIpc) is 2.53. The third-order valence-corrected chi connectivity index (χ3v) is 3.74. The van der Waals surface area contributed by atoms with E-state index in [1.54, 1.807) is 11.3 Å². The Bertz CT molecular complexity index is 275. The first-order valence-electron chi connectivity index (χ1n) is 4.66. The van der Waals surface area contributed by atoms with Crippen LogP contribution in [0.15, 0.2) is 11.4 Å². The molecule has 0 radical (unpaired) electrons. The molecule has 0 aliphatic rings. The van der Waals surface area contributed by atoms with Gasteiger partial charge < -0.3 is 10.1 Å². The molecule has 80 valence electrons. The van der Waals surface area contributed by atoms with Crippen LogP contribution in [0, 0.1) is 2.88 Å². The molecule has 1 N–H and O–H groups in total. The molecule has 4 heteroatoms. The third kappa shape index (κ3) is 3.84. The summed E-state index contributed by atoms with van der Waals surface area (Å²) < 4.78 is 6.92. The summed E-state index contributed by atoms with van der Waals surface area (Å²) in [4.78, 5) is 0. The molecule has 0 saturated heterocycles. The van der Waals surface area contributed by atoms with E-state index in [0.717, 1.165) is 6.61 Å². The molecular formula is C10H16INOS. The smallest absolute Gasteiger partial charge is 0.0665 e. The lowest BCUT2D eigenvalue weighted by molar-refractivity contribution is 0.0627. The van der Waals surface area contributed by atoms with Crippen molar-refractivity contribution in [2.75, 3.05) is 13.7 Å². The third-order valence-electron chi connectivity index (χ3n) is 1.93. The monoisotopic (exact) mass is 325 g/mol. The minimum atomic E-state index is 0.295. The van der Waals surface area contributed by atoms with Gasteiger partial charge in [0.15, 0.2) is 0 Å². The Morgan fingerprint density at radius 2 is 2.29 bits per heavy atom. The molecule has 0 saturated carbocycles. The van der Waals surface area contributed by atoms with Gasteiger partial charge in [-0.1, -0.05) is 0 Å². The lowest BCUT2D eigenvalue weighted by Gasteiger charge is -2.16. The van der Waals surface area contributed by atoms with Gasteiger partial charge in [0.1, 0.15) is 0 Å². The number of ether oxygens (including phenoxy) is 1. The predicted octanol–water partition coefficient (Wildman–Crippen LogP) is 3.04. The van der Waals surface area contributed by atoms with Gasteiger partial charge in [0.05, 0.1) is 21.6 Å². The average molecular weight is 325 g/mol. The normalized spacial score (nSPS) is 13.5. The molecular weight excluding hydrogens is 309 g/mol. The van der Waals surface area contributed by atoms with Crippen molar-refractivity contribution in [1.29, 1.82) is 0 Å². The van der Waals surface area contributed by atoms with E-state index in [9.17, 15) is 0 Å². The quantitative estimate of drug-likeness (QED) is 0.840. The van der Waals surface area contributed by atoms with Crippen LogP contribution in [0.3, 0.4) is 0 Å². The highest BCUT2D eigenvalue weighted by Crippen LogP contribution is 2.22. The molecule has 0 aliphatic carbocycles. The molecule has 1 aromatic heterocycles. The standard InChI is InChI=1S/C10H16INOS/c1-7(2)13-5-9(12-3)8-4-10(11)14-6-8/h4,6-7,9,12H,5H2,1-3H3. The van der Waals surface area contributed by atoms with Gasteiger partial charge in [-0.2, -0.15) is 0 Å². The van der Waals surface area contributed by atoms with Crippen molar-refractivity contribution in [3.8, 4) is 0 Å². The molecule has 0 bridgehead atoms. The van der Waals surface area contributed by atoms with Crippen LogP contribution in [-0.2, 0) is 4.74 Å². The number of rotatable bonds is 5. The maximum atomic E-state index is 5.60. The van der Waals surface area contributed by atoms with Crippen molar-refractivity contribution in [2.45, 2.75) is 26.0 Å². The fourth-order valence-electron chi connectivity index (χ4n) is 1.14. The lowest BCUT2D eigenvalue weighted by atomic mass is 10.2. The number of nitrogens with one attached hydrogen (secondary N) is 1. The summed E-state index contributed by atoms with van der Waals surface area (Å²) in [6.07, 6.45) is 0.295. The number of likely N-dealkylation sites (N-methyl/N-ethyl adjacent to an activating group) is 1. The van der Waals surface area contributed by atoms with Gasteiger partial charge in [-0.05, 0) is 60.5 Å². The first kappa shape index (κ1) is 12.4. The fraction of sp³-hybridized carbons (Fsp3) is 0.600. The molecule has 1 unspecified atom stereocenters. The Balaban J connectivity index is 2.54. The first-order chi connectivity index (χ1) is 6.63. The Hall–Kier alpha value is 0.350. The molecule has 0 spiro atoms. The second kappa shape index (κ2) is 6.05. The summed E-state index contributed by atoms with van der Waals surface area (Å²) in [7, 11) is 1.97. The van der Waals surface area contributed by atoms with Crippen LogP contribution in [0.4, 0.5) is 0 Å². The second-order valence-electron chi connectivity index (χ2n) is 3.41. The summed E-state index contributed by atoms with van der Waals surface area (Å²) in [5, 5.41) is 5.45. The zero-order valence-electron chi connectivity index (χ0n) is 8.71. The molecule has 0 aliphatic heterocycles. The zero-order valence-corrected chi connectivity index (χ0v) is 11.7. The van der Waals surface area contributed by atoms with E-state index in [0.29, 0.717) is 12.1 Å². The van der Waals surface area contributed by atoms with Gasteiger partial charge in [-0.25, -0.2) is 0 Å². The highest BCUT2D eigenvalue weighted by molar-refractivity contribution is 14.1. The fourth-order valence-corrected chi connectivity index (χ4v) is 2.57. The summed E-state index contributed by atoms with van der Waals surface area (Å²) in [5.74, 6) is 0. The summed E-state index contributed by atoms with van der Waals surface area (Å²) in [6.45, 7) is 4.86. The first-order valence-corrected chi connectivity index (χ1v) is 6.62. The Kier molecular flexibility index (Phi) is 5.36. The van der Waals surface area contributed by atoms with Crippen molar-refractivity contribution in [3.05, 3.63) is 19.9 Å². The number of halogens is 1. The van der Waals surface area contributed by atoms with E-state index in [1.807, 2.05) is 7.05 Å². The predicted molar refractivity (Wildman–Crippen MR) is 69.9 cm³/mol. The van der Waals surface area contributed by atoms with Crippen LogP contribution in [-0.4, -0.2) is 19.8 Å². The van der Waals surface area contributed by atoms with Gasteiger partial charge in [0.2, 0.25) is 0 Å². The van der Waals surface area contributed by atoms with E-state index < -0.39 is 0 Å². The Morgan fingerprint density at radius 1 is 1.57 bits per heavy atom. The molecule has 1 rings (SSSR count). The molecule has 1 aromatic rings. The second-order valence-corrected chi connectivity index (χ2v) is 6.21. The number of hydrogen-bond acceptors (Lipinski definition) is 3. The van der Waals surface area contributed by atoms with E-state index in [4.69, 9.17) is 4.74 Å². The van der Waals surface area contributed by atoms with Crippen LogP contribution < -0.4 is 5.32 Å². The van der Waals surface area contributed by atoms with Crippen molar-refractivity contribution in [1.82, 2.24) is 5.32 Å². The molecule has 1 heterocycles. The highest BCUT2D eigenvalue weighted by Gasteiger charge is 2.11. The van der Waals surface area contributed by atoms with Crippen molar-refractivity contribution in [3.63, 3.8) is 0 Å². The zero-order chi connectivity index (χ0) is 10.6. The SMILES string of the molecule is CNC(COC(C)C)c1csc(I)c1. The lowest BCUT2D eigenvalue weighted by Crippen LogP contribution is -2.23. The van der Waals surface area contributed by atoms with Gasteiger partial charge in [0, 0.05) is 0 Å². The maximum absolute atomic E-state index is 5.60. The van der Waals surface area contributed by atoms with Gasteiger partial charge in [-0.3, -0.25) is 0 Å². The van der Waals surface area contributed by atoms with Crippen LogP contribution in [0.5, 0.6) is 0 Å². The van der Waals surface area contributed by atoms with Gasteiger partial charge in [0.25, 0.3) is 0 Å². The minimum absolute atomic E-state index is 0.295. The summed E-state index contributed by atoms with van der Waals surface area (Å²) >= 11 is 4.12. The topological polar surface area (TPSA) is 21.3 Å². The minimum Gasteiger partial charge on any atom is -0.377 e. The van der Waals surface area contributed by atoms with Crippen molar-refractivity contribution < 1.29 is 4.74 Å². The molecule has 0 fully saturated rings.